The van der Waals surface area contributed by atoms with Gasteiger partial charge in [0.2, 0.25) is 11.8 Å². The lowest BCUT2D eigenvalue weighted by Gasteiger charge is -2.38. The van der Waals surface area contributed by atoms with Gasteiger partial charge in [0.25, 0.3) is 0 Å². The van der Waals surface area contributed by atoms with Gasteiger partial charge in [-0.15, -0.1) is 0 Å². The summed E-state index contributed by atoms with van der Waals surface area (Å²) in [7, 11) is 2.02. The minimum Gasteiger partial charge on any atom is -0.368 e. The summed E-state index contributed by atoms with van der Waals surface area (Å²) in [6.45, 7) is 7.72. The van der Waals surface area contributed by atoms with E-state index in [2.05, 4.69) is 59.8 Å². The number of hydrogen-bond acceptors (Lipinski definition) is 4. The van der Waals surface area contributed by atoms with Crippen LogP contribution in [0.1, 0.15) is 17.5 Å². The van der Waals surface area contributed by atoms with Gasteiger partial charge in [-0.1, -0.05) is 30.3 Å². The van der Waals surface area contributed by atoms with Crippen LogP contribution in [0.5, 0.6) is 0 Å². The lowest BCUT2D eigenvalue weighted by molar-refractivity contribution is -0.132. The number of anilines is 2. The Bertz CT molecular complexity index is 1510. The predicted octanol–water partition coefficient (Wildman–Crippen LogP) is 3.74. The van der Waals surface area contributed by atoms with Gasteiger partial charge in [-0.2, -0.15) is 5.10 Å². The van der Waals surface area contributed by atoms with E-state index in [4.69, 9.17) is 5.10 Å². The molecule has 0 saturated carbocycles. The Hall–Kier alpha value is -4.07. The molecule has 0 aliphatic carbocycles. The van der Waals surface area contributed by atoms with E-state index in [1.807, 2.05) is 34.8 Å². The Morgan fingerprint density at radius 1 is 0.973 bits per heavy atom. The van der Waals surface area contributed by atoms with Gasteiger partial charge in [0.15, 0.2) is 0 Å². The fourth-order valence-corrected chi connectivity index (χ4v) is 5.61. The van der Waals surface area contributed by atoms with Crippen molar-refractivity contribution in [3.63, 3.8) is 0 Å². The molecular formula is C29H32N6O2. The molecule has 190 valence electrons. The van der Waals surface area contributed by atoms with Gasteiger partial charge in [-0.25, -0.2) is 4.68 Å². The highest BCUT2D eigenvalue weighted by molar-refractivity contribution is 6.00. The summed E-state index contributed by atoms with van der Waals surface area (Å²) in [5.74, 6) is 0.649. The molecule has 2 amide bonds. The largest absolute Gasteiger partial charge is 0.368 e. The van der Waals surface area contributed by atoms with E-state index in [1.54, 1.807) is 4.90 Å². The number of aryl methyl sites for hydroxylation is 3. The van der Waals surface area contributed by atoms with Crippen LogP contribution in [0, 0.1) is 13.8 Å². The van der Waals surface area contributed by atoms with Gasteiger partial charge in [0.1, 0.15) is 12.4 Å². The van der Waals surface area contributed by atoms with Gasteiger partial charge in [-0.3, -0.25) is 14.5 Å². The molecule has 8 nitrogen and oxygen atoms in total. The van der Waals surface area contributed by atoms with Crippen LogP contribution in [-0.4, -0.2) is 63.8 Å². The van der Waals surface area contributed by atoms with Crippen LogP contribution in [-0.2, 0) is 23.2 Å². The third-order valence-corrected chi connectivity index (χ3v) is 7.89. The Morgan fingerprint density at radius 3 is 2.57 bits per heavy atom. The second kappa shape index (κ2) is 9.10. The van der Waals surface area contributed by atoms with Crippen molar-refractivity contribution in [2.45, 2.75) is 26.8 Å². The van der Waals surface area contributed by atoms with Crippen LogP contribution >= 0.6 is 0 Å². The minimum absolute atomic E-state index is 0.0182. The van der Waals surface area contributed by atoms with Crippen LogP contribution in [0.2, 0.25) is 0 Å². The number of nitrogens with zero attached hydrogens (tertiary/aromatic N) is 6. The predicted molar refractivity (Wildman–Crippen MR) is 146 cm³/mol. The molecular weight excluding hydrogens is 464 g/mol. The van der Waals surface area contributed by atoms with Crippen molar-refractivity contribution in [1.29, 1.82) is 0 Å². The van der Waals surface area contributed by atoms with Crippen LogP contribution in [0.15, 0.2) is 54.7 Å². The first-order valence-electron chi connectivity index (χ1n) is 12.9. The summed E-state index contributed by atoms with van der Waals surface area (Å²) in [4.78, 5) is 32.1. The molecule has 2 aliphatic rings. The van der Waals surface area contributed by atoms with Crippen LogP contribution in [0.3, 0.4) is 0 Å². The highest BCUT2D eigenvalue weighted by atomic mass is 16.2. The number of rotatable bonds is 4. The third-order valence-electron chi connectivity index (χ3n) is 7.89. The summed E-state index contributed by atoms with van der Waals surface area (Å²) >= 11 is 0. The molecule has 4 heterocycles. The van der Waals surface area contributed by atoms with E-state index >= 15 is 0 Å². The molecule has 1 fully saturated rings. The average Bonchev–Trinajstić information content (AvgIpc) is 3.49. The summed E-state index contributed by atoms with van der Waals surface area (Å²) in [5, 5.41) is 5.95. The average molecular weight is 497 g/mol. The fourth-order valence-electron chi connectivity index (χ4n) is 5.61. The normalized spacial score (nSPS) is 16.0. The van der Waals surface area contributed by atoms with E-state index in [0.29, 0.717) is 31.9 Å². The lowest BCUT2D eigenvalue weighted by atomic mass is 10.1. The van der Waals surface area contributed by atoms with Gasteiger partial charge < -0.3 is 14.4 Å². The fraction of sp³-hybridized carbons (Fsp3) is 0.345. The van der Waals surface area contributed by atoms with Crippen molar-refractivity contribution in [2.75, 3.05) is 42.5 Å². The van der Waals surface area contributed by atoms with Crippen LogP contribution in [0.4, 0.5) is 11.5 Å². The second-order valence-corrected chi connectivity index (χ2v) is 10.1. The lowest BCUT2D eigenvalue weighted by Crippen LogP contribution is -2.52. The first kappa shape index (κ1) is 23.3. The maximum Gasteiger partial charge on any atom is 0.242 e. The second-order valence-electron chi connectivity index (χ2n) is 10.1. The molecule has 2 aromatic heterocycles. The van der Waals surface area contributed by atoms with E-state index in [9.17, 15) is 9.59 Å². The Morgan fingerprint density at radius 2 is 1.76 bits per heavy atom. The highest BCUT2D eigenvalue weighted by Crippen LogP contribution is 2.33. The standard InChI is InChI=1S/C29H32N6O2/c1-20-7-6-10-25(21(20)2)32-13-15-33(16-14-32)29(37)19-34-27-17-24(30-35(27)12-11-28(34)36)23-18-31(3)26-9-5-4-8-22(23)26/h4-10,17-18H,11-16,19H2,1-3H3. The maximum absolute atomic E-state index is 13.3. The Labute approximate surface area is 216 Å². The molecule has 37 heavy (non-hydrogen) atoms. The quantitative estimate of drug-likeness (QED) is 0.432. The van der Waals surface area contributed by atoms with Crippen molar-refractivity contribution >= 4 is 34.2 Å². The van der Waals surface area contributed by atoms with Gasteiger partial charge in [0.05, 0.1) is 12.2 Å². The summed E-state index contributed by atoms with van der Waals surface area (Å²) < 4.78 is 3.96. The molecule has 8 heteroatoms. The number of piperazine rings is 1. The Balaban J connectivity index is 1.19. The zero-order valence-corrected chi connectivity index (χ0v) is 21.6. The molecule has 0 spiro atoms. The molecule has 2 aromatic carbocycles. The zero-order chi connectivity index (χ0) is 25.7. The zero-order valence-electron chi connectivity index (χ0n) is 21.6. The SMILES string of the molecule is Cc1cccc(N2CCN(C(=O)CN3C(=O)CCn4nc(-c5cn(C)c6ccccc56)cc43)CC2)c1C. The van der Waals surface area contributed by atoms with E-state index in [-0.39, 0.29) is 18.4 Å². The topological polar surface area (TPSA) is 66.6 Å². The molecule has 6 rings (SSSR count). The molecule has 1 saturated heterocycles. The third kappa shape index (κ3) is 4.06. The van der Waals surface area contributed by atoms with Crippen molar-refractivity contribution in [2.24, 2.45) is 7.05 Å². The number of fused-ring (bicyclic) bond motifs is 2. The van der Waals surface area contributed by atoms with Gasteiger partial charge >= 0.3 is 0 Å². The van der Waals surface area contributed by atoms with Crippen LogP contribution in [0.25, 0.3) is 22.2 Å². The van der Waals surface area contributed by atoms with Crippen molar-refractivity contribution < 1.29 is 9.59 Å². The van der Waals surface area contributed by atoms with E-state index < -0.39 is 0 Å². The first-order valence-corrected chi connectivity index (χ1v) is 12.9. The van der Waals surface area contributed by atoms with Gasteiger partial charge in [0, 0.05) is 74.1 Å². The maximum atomic E-state index is 13.3. The molecule has 4 aromatic rings. The smallest absolute Gasteiger partial charge is 0.242 e. The van der Waals surface area contributed by atoms with E-state index in [0.717, 1.165) is 35.2 Å². The Kier molecular flexibility index (Phi) is 5.74. The summed E-state index contributed by atoms with van der Waals surface area (Å²) in [6, 6.07) is 16.5. The summed E-state index contributed by atoms with van der Waals surface area (Å²) in [5.41, 5.74) is 6.78. The highest BCUT2D eigenvalue weighted by Gasteiger charge is 2.31. The molecule has 0 radical (unpaired) electrons. The first-order chi connectivity index (χ1) is 17.9. The monoisotopic (exact) mass is 496 g/mol. The van der Waals surface area contributed by atoms with Crippen molar-refractivity contribution in [3.05, 3.63) is 65.9 Å². The van der Waals surface area contributed by atoms with Crippen molar-refractivity contribution in [1.82, 2.24) is 19.2 Å². The number of para-hydroxylation sites is 1. The molecule has 0 bridgehead atoms. The summed E-state index contributed by atoms with van der Waals surface area (Å²) in [6.07, 6.45) is 2.42. The minimum atomic E-state index is -0.0285. The molecule has 2 aliphatic heterocycles. The number of aromatic nitrogens is 3. The number of benzene rings is 2. The molecule has 0 N–H and O–H groups in total. The number of carbonyl (C=O) groups excluding carboxylic acids is 2. The molecule has 0 atom stereocenters. The number of carbonyl (C=O) groups is 2. The molecule has 0 unspecified atom stereocenters. The number of hydrogen-bond donors (Lipinski definition) is 0. The van der Waals surface area contributed by atoms with Crippen LogP contribution < -0.4 is 9.80 Å². The van der Waals surface area contributed by atoms with Crippen molar-refractivity contribution in [3.8, 4) is 11.3 Å². The van der Waals surface area contributed by atoms with Gasteiger partial charge in [-0.05, 0) is 37.1 Å². The number of amides is 2. The van der Waals surface area contributed by atoms with E-state index in [1.165, 1.54) is 16.8 Å².